The number of ether oxygens (including phenoxy) is 2. The molecule has 0 bridgehead atoms. The number of carbonyl (C=O) groups excluding carboxylic acids is 1. The van der Waals surface area contributed by atoms with Gasteiger partial charge < -0.3 is 14.4 Å². The van der Waals surface area contributed by atoms with Crippen molar-refractivity contribution in [3.63, 3.8) is 0 Å². The van der Waals surface area contributed by atoms with Gasteiger partial charge in [-0.2, -0.15) is 5.10 Å². The molecule has 35 heavy (non-hydrogen) atoms. The van der Waals surface area contributed by atoms with Crippen LogP contribution in [0.3, 0.4) is 0 Å². The fraction of sp³-hybridized carbons (Fsp3) is 0.429. The summed E-state index contributed by atoms with van der Waals surface area (Å²) in [7, 11) is 0. The largest absolute Gasteiger partial charge is 0.439 e. The minimum absolute atomic E-state index is 0.0658. The summed E-state index contributed by atoms with van der Waals surface area (Å²) in [4.78, 5) is 15.2. The van der Waals surface area contributed by atoms with E-state index in [1.165, 1.54) is 12.1 Å². The predicted molar refractivity (Wildman–Crippen MR) is 131 cm³/mol. The van der Waals surface area contributed by atoms with Crippen molar-refractivity contribution in [1.82, 2.24) is 14.7 Å². The van der Waals surface area contributed by atoms with E-state index in [0.29, 0.717) is 36.8 Å². The van der Waals surface area contributed by atoms with E-state index in [4.69, 9.17) is 14.6 Å². The molecule has 6 nitrogen and oxygen atoms in total. The van der Waals surface area contributed by atoms with Gasteiger partial charge in [0.25, 0.3) is 0 Å². The third-order valence-corrected chi connectivity index (χ3v) is 6.66. The molecule has 1 aliphatic heterocycles. The first-order chi connectivity index (χ1) is 17.0. The Morgan fingerprint density at radius 3 is 2.66 bits per heavy atom. The summed E-state index contributed by atoms with van der Waals surface area (Å²) in [6.45, 7) is 5.79. The summed E-state index contributed by atoms with van der Waals surface area (Å²) in [5.41, 5.74) is 3.52. The van der Waals surface area contributed by atoms with E-state index < -0.39 is 0 Å². The van der Waals surface area contributed by atoms with Gasteiger partial charge in [0.1, 0.15) is 11.6 Å². The molecule has 7 heteroatoms. The molecular weight excluding hydrogens is 445 g/mol. The molecule has 3 aromatic rings. The van der Waals surface area contributed by atoms with Crippen LogP contribution in [0.1, 0.15) is 49.4 Å². The maximum atomic E-state index is 13.7. The van der Waals surface area contributed by atoms with Gasteiger partial charge >= 0.3 is 0 Å². The van der Waals surface area contributed by atoms with Crippen LogP contribution in [0.4, 0.5) is 4.39 Å². The fourth-order valence-electron chi connectivity index (χ4n) is 4.62. The zero-order valence-corrected chi connectivity index (χ0v) is 20.4. The Morgan fingerprint density at radius 2 is 2.00 bits per heavy atom. The summed E-state index contributed by atoms with van der Waals surface area (Å²) in [5, 5.41) is 4.85. The Bertz CT molecular complexity index is 1180. The van der Waals surface area contributed by atoms with Crippen LogP contribution in [0.25, 0.3) is 5.69 Å². The number of halogens is 1. The van der Waals surface area contributed by atoms with Gasteiger partial charge in [-0.3, -0.25) is 4.79 Å². The topological polar surface area (TPSA) is 56.6 Å². The monoisotopic (exact) mass is 477 g/mol. The molecule has 1 aliphatic carbocycles. The summed E-state index contributed by atoms with van der Waals surface area (Å²) >= 11 is 0. The quantitative estimate of drug-likeness (QED) is 0.403. The molecule has 0 radical (unpaired) electrons. The lowest BCUT2D eigenvalue weighted by molar-refractivity contribution is -0.134. The smallest absolute Gasteiger partial charge is 0.227 e. The highest BCUT2D eigenvalue weighted by molar-refractivity contribution is 5.81. The average Bonchev–Trinajstić information content (AvgIpc) is 3.48. The van der Waals surface area contributed by atoms with Crippen molar-refractivity contribution >= 4 is 5.91 Å². The lowest BCUT2D eigenvalue weighted by Gasteiger charge is -2.26. The van der Waals surface area contributed by atoms with E-state index >= 15 is 0 Å². The number of benzene rings is 2. The number of aryl methyl sites for hydroxylation is 2. The molecule has 2 aliphatic rings. The molecule has 2 aromatic carbocycles. The molecule has 0 unspecified atom stereocenters. The molecule has 2 fully saturated rings. The summed E-state index contributed by atoms with van der Waals surface area (Å²) in [6, 6.07) is 14.0. The van der Waals surface area contributed by atoms with Crippen molar-refractivity contribution in [3.05, 3.63) is 71.2 Å². The van der Waals surface area contributed by atoms with E-state index in [0.717, 1.165) is 49.1 Å². The third-order valence-electron chi connectivity index (χ3n) is 6.66. The van der Waals surface area contributed by atoms with E-state index in [2.05, 4.69) is 0 Å². The molecule has 0 N–H and O–H groups in total. The summed E-state index contributed by atoms with van der Waals surface area (Å²) in [6.07, 6.45) is 4.64. The molecule has 184 valence electrons. The average molecular weight is 478 g/mol. The van der Waals surface area contributed by atoms with Gasteiger partial charge in [-0.15, -0.1) is 0 Å². The van der Waals surface area contributed by atoms with Crippen LogP contribution < -0.4 is 4.74 Å². The zero-order valence-electron chi connectivity index (χ0n) is 20.4. The fourth-order valence-corrected chi connectivity index (χ4v) is 4.62. The Kier molecular flexibility index (Phi) is 6.86. The minimum atomic E-state index is -0.309. The van der Waals surface area contributed by atoms with Gasteiger partial charge in [-0.1, -0.05) is 19.1 Å². The van der Waals surface area contributed by atoms with Crippen LogP contribution in [0.5, 0.6) is 11.6 Å². The SMILES string of the molecule is CCc1nn(-c2ccc(F)cc2)c(Oc2cccc(C)c2)c1CN(C[C@H]1CCCO1)C(=O)C1CC1. The van der Waals surface area contributed by atoms with Crippen LogP contribution in [0.2, 0.25) is 0 Å². The lowest BCUT2D eigenvalue weighted by atomic mass is 10.1. The van der Waals surface area contributed by atoms with Crippen molar-refractivity contribution in [2.75, 3.05) is 13.2 Å². The first-order valence-corrected chi connectivity index (χ1v) is 12.5. The van der Waals surface area contributed by atoms with E-state index in [1.54, 1.807) is 16.8 Å². The van der Waals surface area contributed by atoms with Gasteiger partial charge in [-0.05, 0) is 81.0 Å². The lowest BCUT2D eigenvalue weighted by Crippen LogP contribution is -2.38. The highest BCUT2D eigenvalue weighted by Crippen LogP contribution is 2.36. The third kappa shape index (κ3) is 5.40. The summed E-state index contributed by atoms with van der Waals surface area (Å²) in [5.74, 6) is 1.22. The van der Waals surface area contributed by atoms with E-state index in [9.17, 15) is 9.18 Å². The second kappa shape index (κ2) is 10.2. The first kappa shape index (κ1) is 23.5. The Labute approximate surface area is 205 Å². The molecule has 2 heterocycles. The zero-order chi connectivity index (χ0) is 24.4. The maximum Gasteiger partial charge on any atom is 0.227 e. The second-order valence-electron chi connectivity index (χ2n) is 9.52. The Balaban J connectivity index is 1.55. The number of amides is 1. The molecule has 1 saturated heterocycles. The van der Waals surface area contributed by atoms with Gasteiger partial charge in [0.05, 0.1) is 29.6 Å². The van der Waals surface area contributed by atoms with Crippen LogP contribution in [0.15, 0.2) is 48.5 Å². The van der Waals surface area contributed by atoms with Crippen LogP contribution in [-0.2, 0) is 22.5 Å². The second-order valence-corrected chi connectivity index (χ2v) is 9.52. The number of hydrogen-bond donors (Lipinski definition) is 0. The van der Waals surface area contributed by atoms with Crippen LogP contribution in [0, 0.1) is 18.7 Å². The van der Waals surface area contributed by atoms with Crippen molar-refractivity contribution in [3.8, 4) is 17.3 Å². The van der Waals surface area contributed by atoms with Crippen molar-refractivity contribution < 1.29 is 18.7 Å². The van der Waals surface area contributed by atoms with Crippen molar-refractivity contribution in [2.45, 2.75) is 58.6 Å². The van der Waals surface area contributed by atoms with Crippen LogP contribution in [-0.4, -0.2) is 39.8 Å². The van der Waals surface area contributed by atoms with E-state index in [1.807, 2.05) is 43.0 Å². The molecular formula is C28H32FN3O3. The van der Waals surface area contributed by atoms with Crippen LogP contribution >= 0.6 is 0 Å². The Morgan fingerprint density at radius 1 is 1.20 bits per heavy atom. The molecule has 1 amide bonds. The van der Waals surface area contributed by atoms with Crippen molar-refractivity contribution in [1.29, 1.82) is 0 Å². The first-order valence-electron chi connectivity index (χ1n) is 12.5. The van der Waals surface area contributed by atoms with Gasteiger partial charge in [0.15, 0.2) is 0 Å². The highest BCUT2D eigenvalue weighted by atomic mass is 19.1. The predicted octanol–water partition coefficient (Wildman–Crippen LogP) is 5.59. The molecule has 1 saturated carbocycles. The maximum absolute atomic E-state index is 13.7. The number of aromatic nitrogens is 2. The van der Waals surface area contributed by atoms with E-state index in [-0.39, 0.29) is 23.7 Å². The van der Waals surface area contributed by atoms with Gasteiger partial charge in [0, 0.05) is 19.1 Å². The number of rotatable bonds is 9. The molecule has 5 rings (SSSR count). The van der Waals surface area contributed by atoms with Crippen molar-refractivity contribution in [2.24, 2.45) is 5.92 Å². The minimum Gasteiger partial charge on any atom is -0.439 e. The van der Waals surface area contributed by atoms with Gasteiger partial charge in [0.2, 0.25) is 11.8 Å². The Hall–Kier alpha value is -3.19. The normalized spacial score (nSPS) is 17.5. The molecule has 1 aromatic heterocycles. The number of hydrogen-bond acceptors (Lipinski definition) is 4. The van der Waals surface area contributed by atoms with Gasteiger partial charge in [-0.25, -0.2) is 9.07 Å². The number of nitrogens with zero attached hydrogens (tertiary/aromatic N) is 3. The number of carbonyl (C=O) groups is 1. The highest BCUT2D eigenvalue weighted by Gasteiger charge is 2.36. The molecule has 0 spiro atoms. The molecule has 1 atom stereocenters. The standard InChI is InChI=1S/C28H32FN3O3/c1-3-26-25(18-31(27(33)20-9-10-20)17-24-8-5-15-34-24)28(35-23-7-4-6-19(2)16-23)32(30-26)22-13-11-21(29)12-14-22/h4,6-7,11-14,16,20,24H,3,5,8-10,15,17-18H2,1-2H3/t24-/m1/s1. The summed E-state index contributed by atoms with van der Waals surface area (Å²) < 4.78 is 27.7.